The van der Waals surface area contributed by atoms with E-state index in [1.54, 1.807) is 7.11 Å². The molecule has 0 saturated carbocycles. The molecule has 3 rings (SSSR count). The number of benzene rings is 3. The Morgan fingerprint density at radius 3 is 2.24 bits per heavy atom. The van der Waals surface area contributed by atoms with Crippen LogP contribution in [0.2, 0.25) is 0 Å². The lowest BCUT2D eigenvalue weighted by Crippen LogP contribution is -1.93. The Morgan fingerprint density at radius 1 is 0.810 bits per heavy atom. The predicted octanol–water partition coefficient (Wildman–Crippen LogP) is 5.14. The van der Waals surface area contributed by atoms with Gasteiger partial charge in [0, 0.05) is 11.6 Å². The van der Waals surface area contributed by atoms with Crippen molar-refractivity contribution in [2.75, 3.05) is 7.11 Å². The largest absolute Gasteiger partial charge is 0.495 e. The van der Waals surface area contributed by atoms with E-state index in [9.17, 15) is 0 Å². The fourth-order valence-electron chi connectivity index (χ4n) is 2.62. The van der Waals surface area contributed by atoms with Crippen LogP contribution in [0.15, 0.2) is 66.7 Å². The molecule has 0 unspecified atom stereocenters. The van der Waals surface area contributed by atoms with Gasteiger partial charge in [-0.1, -0.05) is 60.7 Å². The molecular formula is C20H17O. The van der Waals surface area contributed by atoms with E-state index < -0.39 is 0 Å². The molecule has 1 nitrogen and oxygen atoms in total. The van der Waals surface area contributed by atoms with Crippen LogP contribution in [0.25, 0.3) is 22.3 Å². The summed E-state index contributed by atoms with van der Waals surface area (Å²) in [5.74, 6) is 0.783. The first kappa shape index (κ1) is 13.4. The van der Waals surface area contributed by atoms with Crippen LogP contribution >= 0.6 is 0 Å². The van der Waals surface area contributed by atoms with Gasteiger partial charge in [-0.15, -0.1) is 0 Å². The number of methoxy groups -OCH3 is 1. The van der Waals surface area contributed by atoms with Gasteiger partial charge in [-0.3, -0.25) is 0 Å². The van der Waals surface area contributed by atoms with Gasteiger partial charge in [0.25, 0.3) is 0 Å². The summed E-state index contributed by atoms with van der Waals surface area (Å²) in [7, 11) is 1.70. The molecule has 1 radical (unpaired) electrons. The quantitative estimate of drug-likeness (QED) is 0.642. The maximum absolute atomic E-state index is 5.56. The monoisotopic (exact) mass is 273 g/mol. The molecule has 0 fully saturated rings. The molecular weight excluding hydrogens is 256 g/mol. The molecule has 0 aliphatic heterocycles. The molecule has 0 N–H and O–H groups in total. The fraction of sp³-hybridized carbons (Fsp3) is 0.100. The summed E-state index contributed by atoms with van der Waals surface area (Å²) in [4.78, 5) is 0. The second-order valence-corrected chi connectivity index (χ2v) is 4.98. The van der Waals surface area contributed by atoms with Gasteiger partial charge in [-0.2, -0.15) is 0 Å². The molecule has 0 heterocycles. The van der Waals surface area contributed by atoms with Gasteiger partial charge in [-0.25, -0.2) is 0 Å². The van der Waals surface area contributed by atoms with Crippen molar-refractivity contribution in [3.8, 4) is 28.0 Å². The Hall–Kier alpha value is -2.54. The normalized spacial score (nSPS) is 10.4. The third-order valence-corrected chi connectivity index (χ3v) is 3.66. The van der Waals surface area contributed by atoms with Crippen molar-refractivity contribution in [2.45, 2.75) is 6.92 Å². The maximum atomic E-state index is 5.56. The topological polar surface area (TPSA) is 9.23 Å². The number of aryl methyl sites for hydroxylation is 1. The minimum atomic E-state index is 0.783. The summed E-state index contributed by atoms with van der Waals surface area (Å²) < 4.78 is 5.56. The lowest BCUT2D eigenvalue weighted by atomic mass is 9.91. The summed E-state index contributed by atoms with van der Waals surface area (Å²) in [5, 5.41) is 0. The minimum absolute atomic E-state index is 0.783. The SMILES string of the molecule is COc1[c]ccc(-c2ccccc2)c1-c1ccccc1C. The Morgan fingerprint density at radius 2 is 1.52 bits per heavy atom. The van der Waals surface area contributed by atoms with Gasteiger partial charge >= 0.3 is 0 Å². The molecule has 0 atom stereocenters. The molecule has 1 heteroatoms. The Balaban J connectivity index is 2.30. The summed E-state index contributed by atoms with van der Waals surface area (Å²) >= 11 is 0. The summed E-state index contributed by atoms with van der Waals surface area (Å²) in [5.41, 5.74) is 5.87. The van der Waals surface area contributed by atoms with E-state index in [0.717, 1.165) is 11.3 Å². The molecule has 21 heavy (non-hydrogen) atoms. The third-order valence-electron chi connectivity index (χ3n) is 3.66. The van der Waals surface area contributed by atoms with Crippen molar-refractivity contribution in [3.63, 3.8) is 0 Å². The number of rotatable bonds is 3. The first-order valence-corrected chi connectivity index (χ1v) is 7.01. The molecule has 0 aliphatic carbocycles. The molecule has 0 spiro atoms. The fourth-order valence-corrected chi connectivity index (χ4v) is 2.62. The zero-order valence-corrected chi connectivity index (χ0v) is 12.3. The van der Waals surface area contributed by atoms with Crippen LogP contribution in [-0.2, 0) is 0 Å². The second-order valence-electron chi connectivity index (χ2n) is 4.98. The van der Waals surface area contributed by atoms with E-state index in [0.29, 0.717) is 0 Å². The van der Waals surface area contributed by atoms with Crippen LogP contribution in [0.1, 0.15) is 5.56 Å². The van der Waals surface area contributed by atoms with Gasteiger partial charge in [-0.05, 0) is 35.2 Å². The molecule has 103 valence electrons. The van der Waals surface area contributed by atoms with Crippen LogP contribution in [0.3, 0.4) is 0 Å². The molecule has 0 aliphatic rings. The lowest BCUT2D eigenvalue weighted by molar-refractivity contribution is 0.415. The van der Waals surface area contributed by atoms with Crippen molar-refractivity contribution < 1.29 is 4.74 Å². The highest BCUT2D eigenvalue weighted by Crippen LogP contribution is 2.39. The van der Waals surface area contributed by atoms with Crippen molar-refractivity contribution in [2.24, 2.45) is 0 Å². The Kier molecular flexibility index (Phi) is 3.74. The first-order chi connectivity index (χ1) is 10.3. The van der Waals surface area contributed by atoms with E-state index in [1.807, 2.05) is 12.1 Å². The average molecular weight is 273 g/mol. The molecule has 0 saturated heterocycles. The molecule has 3 aromatic rings. The zero-order valence-electron chi connectivity index (χ0n) is 12.3. The van der Waals surface area contributed by atoms with E-state index >= 15 is 0 Å². The highest BCUT2D eigenvalue weighted by molar-refractivity contribution is 5.88. The Bertz CT molecular complexity index is 745. The van der Waals surface area contributed by atoms with Crippen molar-refractivity contribution in [3.05, 3.63) is 78.4 Å². The van der Waals surface area contributed by atoms with E-state index in [-0.39, 0.29) is 0 Å². The van der Waals surface area contributed by atoms with Gasteiger partial charge in [0.05, 0.1) is 7.11 Å². The Labute approximate surface area is 125 Å². The number of hydrogen-bond donors (Lipinski definition) is 0. The summed E-state index contributed by atoms with van der Waals surface area (Å²) in [6, 6.07) is 26.0. The van der Waals surface area contributed by atoms with Gasteiger partial charge in [0.1, 0.15) is 5.75 Å². The molecule has 3 aromatic carbocycles. The standard InChI is InChI=1S/C20H17O/c1-15-9-6-7-12-17(15)20-18(13-8-14-19(20)21-2)16-10-4-3-5-11-16/h3-13H,1-2H3. The van der Waals surface area contributed by atoms with Crippen LogP contribution in [0, 0.1) is 13.0 Å². The predicted molar refractivity (Wildman–Crippen MR) is 87.4 cm³/mol. The smallest absolute Gasteiger partial charge is 0.135 e. The number of ether oxygens (including phenoxy) is 1. The maximum Gasteiger partial charge on any atom is 0.135 e. The highest BCUT2D eigenvalue weighted by atomic mass is 16.5. The van der Waals surface area contributed by atoms with E-state index in [1.165, 1.54) is 22.3 Å². The number of hydrogen-bond acceptors (Lipinski definition) is 1. The van der Waals surface area contributed by atoms with E-state index in [2.05, 4.69) is 67.6 Å². The second kappa shape index (κ2) is 5.84. The van der Waals surface area contributed by atoms with Crippen molar-refractivity contribution in [1.82, 2.24) is 0 Å². The third kappa shape index (κ3) is 2.55. The summed E-state index contributed by atoms with van der Waals surface area (Å²) in [6.45, 7) is 2.12. The first-order valence-electron chi connectivity index (χ1n) is 7.01. The van der Waals surface area contributed by atoms with E-state index in [4.69, 9.17) is 4.74 Å². The van der Waals surface area contributed by atoms with Crippen LogP contribution < -0.4 is 4.74 Å². The van der Waals surface area contributed by atoms with Crippen LogP contribution in [0.5, 0.6) is 5.75 Å². The molecule has 0 amide bonds. The van der Waals surface area contributed by atoms with Crippen molar-refractivity contribution in [1.29, 1.82) is 0 Å². The lowest BCUT2D eigenvalue weighted by Gasteiger charge is -2.16. The van der Waals surface area contributed by atoms with Gasteiger partial charge in [0.2, 0.25) is 0 Å². The van der Waals surface area contributed by atoms with Crippen LogP contribution in [-0.4, -0.2) is 7.11 Å². The van der Waals surface area contributed by atoms with Crippen LogP contribution in [0.4, 0.5) is 0 Å². The minimum Gasteiger partial charge on any atom is -0.495 e. The van der Waals surface area contributed by atoms with Crippen molar-refractivity contribution >= 4 is 0 Å². The average Bonchev–Trinajstić information content (AvgIpc) is 2.55. The highest BCUT2D eigenvalue weighted by Gasteiger charge is 2.14. The summed E-state index contributed by atoms with van der Waals surface area (Å²) in [6.07, 6.45) is 0. The van der Waals surface area contributed by atoms with Gasteiger partial charge in [0.15, 0.2) is 0 Å². The molecule has 0 aromatic heterocycles. The zero-order chi connectivity index (χ0) is 14.7. The molecule has 0 bridgehead atoms. The van der Waals surface area contributed by atoms with Gasteiger partial charge < -0.3 is 4.74 Å².